The van der Waals surface area contributed by atoms with Crippen LogP contribution in [0.1, 0.15) is 32.7 Å². The van der Waals surface area contributed by atoms with Gasteiger partial charge in [-0.25, -0.2) is 0 Å². The summed E-state index contributed by atoms with van der Waals surface area (Å²) < 4.78 is 0. The van der Waals surface area contributed by atoms with E-state index in [0.717, 1.165) is 11.4 Å². The molecule has 2 amide bonds. The van der Waals surface area contributed by atoms with Crippen molar-refractivity contribution in [3.8, 4) is 0 Å². The number of nitrogens with one attached hydrogen (secondary N) is 2. The molecule has 1 aromatic heterocycles. The standard InChI is InChI=1S/C11H18N4O2S/c1-5-8-14-15-11(18-8)13-10(17)9(6(2)3)12-7(4)16/h6,9H,5H2,1-4H3,(H,12,16)(H,13,15,17)/t9-/m0/s1. The van der Waals surface area contributed by atoms with E-state index in [1.165, 1.54) is 18.3 Å². The van der Waals surface area contributed by atoms with E-state index in [-0.39, 0.29) is 17.7 Å². The SMILES string of the molecule is CCc1nnc(NC(=O)[C@@H](NC(C)=O)C(C)C)s1. The van der Waals surface area contributed by atoms with Crippen molar-refractivity contribution in [2.45, 2.75) is 40.2 Å². The van der Waals surface area contributed by atoms with Crippen LogP contribution in [0.15, 0.2) is 0 Å². The zero-order chi connectivity index (χ0) is 13.7. The lowest BCUT2D eigenvalue weighted by molar-refractivity contribution is -0.126. The van der Waals surface area contributed by atoms with Crippen LogP contribution in [0.3, 0.4) is 0 Å². The van der Waals surface area contributed by atoms with Gasteiger partial charge < -0.3 is 5.32 Å². The molecule has 0 bridgehead atoms. The number of aryl methyl sites for hydroxylation is 1. The zero-order valence-electron chi connectivity index (χ0n) is 11.0. The lowest BCUT2D eigenvalue weighted by atomic mass is 10.0. The molecule has 1 heterocycles. The number of amides is 2. The average molecular weight is 270 g/mol. The van der Waals surface area contributed by atoms with Gasteiger partial charge in [-0.2, -0.15) is 0 Å². The molecule has 7 heteroatoms. The molecule has 0 saturated heterocycles. The van der Waals surface area contributed by atoms with E-state index < -0.39 is 6.04 Å². The molecule has 0 aliphatic heterocycles. The van der Waals surface area contributed by atoms with Crippen molar-refractivity contribution in [2.75, 3.05) is 5.32 Å². The summed E-state index contributed by atoms with van der Waals surface area (Å²) in [7, 11) is 0. The maximum absolute atomic E-state index is 12.0. The molecule has 0 unspecified atom stereocenters. The van der Waals surface area contributed by atoms with Crippen molar-refractivity contribution >= 4 is 28.3 Å². The van der Waals surface area contributed by atoms with Gasteiger partial charge in [0, 0.05) is 6.92 Å². The third-order valence-electron chi connectivity index (χ3n) is 2.31. The molecule has 1 rings (SSSR count). The fraction of sp³-hybridized carbons (Fsp3) is 0.636. The fourth-order valence-corrected chi connectivity index (χ4v) is 2.07. The van der Waals surface area contributed by atoms with Crippen molar-refractivity contribution in [3.05, 3.63) is 5.01 Å². The lowest BCUT2D eigenvalue weighted by Gasteiger charge is -2.19. The summed E-state index contributed by atoms with van der Waals surface area (Å²) >= 11 is 1.34. The van der Waals surface area contributed by atoms with Gasteiger partial charge in [0.15, 0.2) is 0 Å². The fourth-order valence-electron chi connectivity index (χ4n) is 1.38. The Bertz CT molecular complexity index is 430. The highest BCUT2D eigenvalue weighted by atomic mass is 32.1. The van der Waals surface area contributed by atoms with E-state index in [1.807, 2.05) is 20.8 Å². The first-order valence-electron chi connectivity index (χ1n) is 5.84. The van der Waals surface area contributed by atoms with E-state index >= 15 is 0 Å². The van der Waals surface area contributed by atoms with E-state index in [2.05, 4.69) is 20.8 Å². The summed E-state index contributed by atoms with van der Waals surface area (Å²) in [6.07, 6.45) is 0.785. The molecule has 1 aromatic rings. The number of carbonyl (C=O) groups is 2. The van der Waals surface area contributed by atoms with Gasteiger partial charge in [0.05, 0.1) is 0 Å². The zero-order valence-corrected chi connectivity index (χ0v) is 11.8. The third kappa shape index (κ3) is 4.06. The molecule has 0 aliphatic carbocycles. The van der Waals surface area contributed by atoms with Crippen molar-refractivity contribution in [3.63, 3.8) is 0 Å². The van der Waals surface area contributed by atoms with Gasteiger partial charge in [-0.05, 0) is 12.3 Å². The van der Waals surface area contributed by atoms with Gasteiger partial charge in [-0.1, -0.05) is 32.1 Å². The first-order chi connectivity index (χ1) is 8.43. The summed E-state index contributed by atoms with van der Waals surface area (Å²) in [5.74, 6) is -0.484. The molecule has 100 valence electrons. The van der Waals surface area contributed by atoms with Gasteiger partial charge in [0.1, 0.15) is 11.0 Å². The predicted molar refractivity (Wildman–Crippen MR) is 70.4 cm³/mol. The van der Waals surface area contributed by atoms with Crippen molar-refractivity contribution in [1.29, 1.82) is 0 Å². The third-order valence-corrected chi connectivity index (χ3v) is 3.29. The molecule has 0 fully saturated rings. The highest BCUT2D eigenvalue weighted by Crippen LogP contribution is 2.16. The summed E-state index contributed by atoms with van der Waals surface area (Å²) in [4.78, 5) is 23.0. The van der Waals surface area contributed by atoms with Gasteiger partial charge in [-0.3, -0.25) is 14.9 Å². The Morgan fingerprint density at radius 3 is 2.44 bits per heavy atom. The highest BCUT2D eigenvalue weighted by molar-refractivity contribution is 7.15. The Morgan fingerprint density at radius 2 is 2.00 bits per heavy atom. The molecular formula is C11H18N4O2S. The molecule has 2 N–H and O–H groups in total. The minimum atomic E-state index is -0.559. The van der Waals surface area contributed by atoms with E-state index in [0.29, 0.717) is 5.13 Å². The van der Waals surface area contributed by atoms with Crippen LogP contribution in [0.5, 0.6) is 0 Å². The molecule has 18 heavy (non-hydrogen) atoms. The second-order valence-electron chi connectivity index (χ2n) is 4.27. The Hall–Kier alpha value is -1.50. The Balaban J connectivity index is 2.69. The van der Waals surface area contributed by atoms with Crippen molar-refractivity contribution < 1.29 is 9.59 Å². The molecule has 0 aliphatic rings. The van der Waals surface area contributed by atoms with Crippen molar-refractivity contribution in [2.24, 2.45) is 5.92 Å². The molecule has 0 spiro atoms. The molecule has 0 radical (unpaired) electrons. The van der Waals surface area contributed by atoms with Crippen LogP contribution < -0.4 is 10.6 Å². The quantitative estimate of drug-likeness (QED) is 0.842. The van der Waals surface area contributed by atoms with Crippen LogP contribution in [0.2, 0.25) is 0 Å². The minimum Gasteiger partial charge on any atom is -0.344 e. The summed E-state index contributed by atoms with van der Waals surface area (Å²) in [6, 6.07) is -0.559. The Morgan fingerprint density at radius 1 is 1.33 bits per heavy atom. The smallest absolute Gasteiger partial charge is 0.249 e. The first kappa shape index (κ1) is 14.6. The topological polar surface area (TPSA) is 84.0 Å². The maximum Gasteiger partial charge on any atom is 0.249 e. The molecule has 1 atom stereocenters. The summed E-state index contributed by atoms with van der Waals surface area (Å²) in [5, 5.41) is 14.4. The van der Waals surface area contributed by atoms with Gasteiger partial charge >= 0.3 is 0 Å². The number of carbonyl (C=O) groups excluding carboxylic acids is 2. The Kier molecular flexibility index (Phi) is 5.21. The van der Waals surface area contributed by atoms with Crippen LogP contribution in [-0.4, -0.2) is 28.1 Å². The lowest BCUT2D eigenvalue weighted by Crippen LogP contribution is -2.46. The average Bonchev–Trinajstić information content (AvgIpc) is 2.72. The predicted octanol–water partition coefficient (Wildman–Crippen LogP) is 1.20. The van der Waals surface area contributed by atoms with Crippen LogP contribution in [0, 0.1) is 5.92 Å². The number of hydrogen-bond donors (Lipinski definition) is 2. The second-order valence-corrected chi connectivity index (χ2v) is 5.33. The van der Waals surface area contributed by atoms with E-state index in [1.54, 1.807) is 0 Å². The number of nitrogens with zero attached hydrogens (tertiary/aromatic N) is 2. The van der Waals surface area contributed by atoms with Gasteiger partial charge in [-0.15, -0.1) is 10.2 Å². The van der Waals surface area contributed by atoms with Crippen LogP contribution in [0.4, 0.5) is 5.13 Å². The summed E-state index contributed by atoms with van der Waals surface area (Å²) in [6.45, 7) is 7.11. The molecule has 0 aromatic carbocycles. The normalized spacial score (nSPS) is 12.3. The highest BCUT2D eigenvalue weighted by Gasteiger charge is 2.23. The van der Waals surface area contributed by atoms with Crippen LogP contribution in [-0.2, 0) is 16.0 Å². The van der Waals surface area contributed by atoms with Crippen molar-refractivity contribution in [1.82, 2.24) is 15.5 Å². The number of anilines is 1. The number of rotatable bonds is 5. The largest absolute Gasteiger partial charge is 0.344 e. The monoisotopic (exact) mass is 270 g/mol. The summed E-state index contributed by atoms with van der Waals surface area (Å²) in [5.41, 5.74) is 0. The Labute approximate surface area is 110 Å². The first-order valence-corrected chi connectivity index (χ1v) is 6.66. The molecular weight excluding hydrogens is 252 g/mol. The van der Waals surface area contributed by atoms with E-state index in [9.17, 15) is 9.59 Å². The van der Waals surface area contributed by atoms with Crippen LogP contribution in [0.25, 0.3) is 0 Å². The number of hydrogen-bond acceptors (Lipinski definition) is 5. The van der Waals surface area contributed by atoms with Crippen LogP contribution >= 0.6 is 11.3 Å². The minimum absolute atomic E-state index is 0.00691. The van der Waals surface area contributed by atoms with Gasteiger partial charge in [0.2, 0.25) is 16.9 Å². The number of aromatic nitrogens is 2. The molecule has 6 nitrogen and oxygen atoms in total. The van der Waals surface area contributed by atoms with E-state index in [4.69, 9.17) is 0 Å². The van der Waals surface area contributed by atoms with Gasteiger partial charge in [0.25, 0.3) is 0 Å². The second kappa shape index (κ2) is 6.44. The molecule has 0 saturated carbocycles. The maximum atomic E-state index is 12.0.